The number of aryl methyl sites for hydroxylation is 1. The highest BCUT2D eigenvalue weighted by Crippen LogP contribution is 2.22. The largest absolute Gasteiger partial charge is 0.419 e. The lowest BCUT2D eigenvalue weighted by Gasteiger charge is -2.06. The van der Waals surface area contributed by atoms with E-state index in [2.05, 4.69) is 19.9 Å². The van der Waals surface area contributed by atoms with Gasteiger partial charge in [0.25, 0.3) is 15.9 Å². The van der Waals surface area contributed by atoms with Crippen LogP contribution in [0.4, 0.5) is 5.69 Å². The van der Waals surface area contributed by atoms with Crippen LogP contribution in [0.5, 0.6) is 0 Å². The minimum absolute atomic E-state index is 0.0242. The van der Waals surface area contributed by atoms with Crippen LogP contribution < -0.4 is 4.72 Å². The highest BCUT2D eigenvalue weighted by atomic mass is 32.2. The summed E-state index contributed by atoms with van der Waals surface area (Å²) in [7, 11) is -3.80. The van der Waals surface area contributed by atoms with Gasteiger partial charge in [-0.05, 0) is 24.3 Å². The van der Waals surface area contributed by atoms with E-state index in [-0.39, 0.29) is 10.8 Å². The van der Waals surface area contributed by atoms with Crippen molar-refractivity contribution in [2.75, 3.05) is 4.72 Å². The van der Waals surface area contributed by atoms with E-state index in [0.717, 1.165) is 0 Å². The number of hydrogen-bond donors (Lipinski definition) is 2. The Morgan fingerprint density at radius 2 is 2.17 bits per heavy atom. The normalized spacial score (nSPS) is 11.2. The summed E-state index contributed by atoms with van der Waals surface area (Å²) in [6, 6.07) is 9.58. The quantitative estimate of drug-likeness (QED) is 0.732. The number of rotatable bonds is 5. The summed E-state index contributed by atoms with van der Waals surface area (Å²) in [4.78, 5) is 2.83. The summed E-state index contributed by atoms with van der Waals surface area (Å²) in [5.41, 5.74) is 1.08. The van der Waals surface area contributed by atoms with Crippen LogP contribution >= 0.6 is 0 Å². The Balaban J connectivity index is 1.86. The first kappa shape index (κ1) is 15.8. The summed E-state index contributed by atoms with van der Waals surface area (Å²) in [6.45, 7) is 1.88. The molecule has 24 heavy (non-hydrogen) atoms. The number of H-pyrrole nitrogens is 1. The molecule has 2 aromatic heterocycles. The van der Waals surface area contributed by atoms with Crippen molar-refractivity contribution in [1.82, 2.24) is 15.2 Å². The number of anilines is 1. The molecule has 0 amide bonds. The average Bonchev–Trinajstić information content (AvgIpc) is 3.23. The van der Waals surface area contributed by atoms with Crippen LogP contribution in [-0.4, -0.2) is 23.6 Å². The van der Waals surface area contributed by atoms with Gasteiger partial charge in [0.05, 0.1) is 17.3 Å². The molecule has 8 nitrogen and oxygen atoms in total. The van der Waals surface area contributed by atoms with Gasteiger partial charge in [0, 0.05) is 12.6 Å². The zero-order valence-electron chi connectivity index (χ0n) is 12.6. The van der Waals surface area contributed by atoms with E-state index in [9.17, 15) is 8.42 Å². The number of benzene rings is 1. The van der Waals surface area contributed by atoms with Gasteiger partial charge in [0.1, 0.15) is 10.6 Å². The van der Waals surface area contributed by atoms with E-state index in [1.807, 2.05) is 13.0 Å². The fourth-order valence-corrected chi connectivity index (χ4v) is 3.07. The maximum Gasteiger partial charge on any atom is 0.264 e. The molecule has 0 fully saturated rings. The van der Waals surface area contributed by atoms with Crippen molar-refractivity contribution in [1.29, 1.82) is 5.26 Å². The van der Waals surface area contributed by atoms with Crippen LogP contribution in [0, 0.1) is 11.3 Å². The van der Waals surface area contributed by atoms with Crippen LogP contribution in [0.3, 0.4) is 0 Å². The molecule has 0 bridgehead atoms. The van der Waals surface area contributed by atoms with Crippen LogP contribution in [0.2, 0.25) is 0 Å². The molecule has 0 aliphatic carbocycles. The smallest absolute Gasteiger partial charge is 0.264 e. The van der Waals surface area contributed by atoms with Crippen molar-refractivity contribution in [2.24, 2.45) is 0 Å². The number of nitrogens with one attached hydrogen (secondary N) is 2. The van der Waals surface area contributed by atoms with E-state index >= 15 is 0 Å². The topological polar surface area (TPSA) is 125 Å². The summed E-state index contributed by atoms with van der Waals surface area (Å²) in [5, 5.41) is 16.6. The Labute approximate surface area is 138 Å². The second-order valence-electron chi connectivity index (χ2n) is 4.90. The zero-order chi connectivity index (χ0) is 17.2. The van der Waals surface area contributed by atoms with Crippen LogP contribution in [-0.2, 0) is 16.4 Å². The molecular formula is C15H13N5O3S. The minimum atomic E-state index is -3.80. The number of nitriles is 1. The first-order valence-electron chi connectivity index (χ1n) is 7.06. The fraction of sp³-hybridized carbons (Fsp3) is 0.133. The third kappa shape index (κ3) is 3.13. The number of aromatic nitrogens is 3. The molecule has 0 aliphatic heterocycles. The van der Waals surface area contributed by atoms with E-state index in [1.165, 1.54) is 18.3 Å². The average molecular weight is 343 g/mol. The van der Waals surface area contributed by atoms with E-state index < -0.39 is 10.0 Å². The molecule has 3 aromatic rings. The standard InChI is InChI=1S/C15H13N5O3S/c1-2-14-18-19-15(23-14)13-7-12(9-17-13)24(21,22)20-11-5-3-4-10(6-11)8-16/h3-7,9,17,20H,2H2,1H3. The molecule has 122 valence electrons. The van der Waals surface area contributed by atoms with Gasteiger partial charge in [-0.25, -0.2) is 8.42 Å². The lowest BCUT2D eigenvalue weighted by Crippen LogP contribution is -2.12. The van der Waals surface area contributed by atoms with Gasteiger partial charge in [-0.15, -0.1) is 10.2 Å². The monoisotopic (exact) mass is 343 g/mol. The third-order valence-corrected chi connectivity index (χ3v) is 4.57. The predicted octanol–water partition coefficient (Wildman–Crippen LogP) is 2.30. The SMILES string of the molecule is CCc1nnc(-c2cc(S(=O)(=O)Nc3cccc(C#N)c3)c[nH]2)o1. The van der Waals surface area contributed by atoms with Gasteiger partial charge < -0.3 is 9.40 Å². The Hall–Kier alpha value is -3.12. The molecule has 0 aliphatic rings. The molecule has 0 unspecified atom stereocenters. The predicted molar refractivity (Wildman–Crippen MR) is 85.4 cm³/mol. The van der Waals surface area contributed by atoms with Gasteiger partial charge in [0.2, 0.25) is 5.89 Å². The minimum Gasteiger partial charge on any atom is -0.419 e. The van der Waals surface area contributed by atoms with Crippen molar-refractivity contribution in [3.8, 4) is 17.7 Å². The van der Waals surface area contributed by atoms with Gasteiger partial charge in [-0.3, -0.25) is 4.72 Å². The molecule has 1 aromatic carbocycles. The zero-order valence-corrected chi connectivity index (χ0v) is 13.5. The summed E-state index contributed by atoms with van der Waals surface area (Å²) in [5.74, 6) is 0.690. The van der Waals surface area contributed by atoms with Gasteiger partial charge in [-0.2, -0.15) is 5.26 Å². The highest BCUT2D eigenvalue weighted by molar-refractivity contribution is 7.92. The second kappa shape index (κ2) is 6.17. The fourth-order valence-electron chi connectivity index (χ4n) is 2.02. The third-order valence-electron chi connectivity index (χ3n) is 3.21. The first-order valence-corrected chi connectivity index (χ1v) is 8.54. The van der Waals surface area contributed by atoms with Crippen LogP contribution in [0.25, 0.3) is 11.6 Å². The molecular weight excluding hydrogens is 330 g/mol. The molecule has 9 heteroatoms. The summed E-state index contributed by atoms with van der Waals surface area (Å²) in [6.07, 6.45) is 1.93. The van der Waals surface area contributed by atoms with E-state index in [0.29, 0.717) is 29.3 Å². The van der Waals surface area contributed by atoms with Gasteiger partial charge in [-0.1, -0.05) is 13.0 Å². The van der Waals surface area contributed by atoms with Crippen molar-refractivity contribution < 1.29 is 12.8 Å². The van der Waals surface area contributed by atoms with Crippen molar-refractivity contribution in [3.63, 3.8) is 0 Å². The summed E-state index contributed by atoms with van der Waals surface area (Å²) < 4.78 is 32.7. The highest BCUT2D eigenvalue weighted by Gasteiger charge is 2.19. The molecule has 2 N–H and O–H groups in total. The molecule has 0 spiro atoms. The second-order valence-corrected chi connectivity index (χ2v) is 6.58. The molecule has 0 saturated heterocycles. The lowest BCUT2D eigenvalue weighted by molar-refractivity contribution is 0.511. The summed E-state index contributed by atoms with van der Waals surface area (Å²) >= 11 is 0. The molecule has 0 atom stereocenters. The number of hydrogen-bond acceptors (Lipinski definition) is 6. The number of aromatic amines is 1. The lowest BCUT2D eigenvalue weighted by atomic mass is 10.2. The Bertz CT molecular complexity index is 1010. The van der Waals surface area contributed by atoms with E-state index in [4.69, 9.17) is 9.68 Å². The van der Waals surface area contributed by atoms with E-state index in [1.54, 1.807) is 18.2 Å². The molecule has 2 heterocycles. The van der Waals surface area contributed by atoms with Crippen LogP contribution in [0.1, 0.15) is 18.4 Å². The maximum absolute atomic E-state index is 12.4. The molecule has 3 rings (SSSR count). The Morgan fingerprint density at radius 3 is 2.88 bits per heavy atom. The number of nitrogens with zero attached hydrogens (tertiary/aromatic N) is 3. The van der Waals surface area contributed by atoms with Crippen molar-refractivity contribution >= 4 is 15.7 Å². The number of sulfonamides is 1. The maximum atomic E-state index is 12.4. The van der Waals surface area contributed by atoms with Crippen LogP contribution in [0.15, 0.2) is 45.8 Å². The van der Waals surface area contributed by atoms with Gasteiger partial charge in [0.15, 0.2) is 0 Å². The Morgan fingerprint density at radius 1 is 1.33 bits per heavy atom. The van der Waals surface area contributed by atoms with Gasteiger partial charge >= 0.3 is 0 Å². The molecule has 0 saturated carbocycles. The van der Waals surface area contributed by atoms with Crippen molar-refractivity contribution in [2.45, 2.75) is 18.2 Å². The first-order chi connectivity index (χ1) is 11.5. The van der Waals surface area contributed by atoms with Crippen molar-refractivity contribution in [3.05, 3.63) is 48.0 Å². The molecule has 0 radical (unpaired) electrons. The Kier molecular flexibility index (Phi) is 4.05.